The van der Waals surface area contributed by atoms with Crippen LogP contribution >= 0.6 is 11.3 Å². The first-order valence-corrected chi connectivity index (χ1v) is 9.98. The van der Waals surface area contributed by atoms with Crippen molar-refractivity contribution in [2.45, 2.75) is 0 Å². The van der Waals surface area contributed by atoms with Gasteiger partial charge in [-0.1, -0.05) is 91.0 Å². The molecule has 0 unspecified atom stereocenters. The van der Waals surface area contributed by atoms with Gasteiger partial charge in [0.2, 0.25) is 0 Å². The van der Waals surface area contributed by atoms with Gasteiger partial charge in [0.15, 0.2) is 5.13 Å². The van der Waals surface area contributed by atoms with Crippen molar-refractivity contribution in [2.24, 2.45) is 0 Å². The van der Waals surface area contributed by atoms with Gasteiger partial charge in [-0.25, -0.2) is 9.97 Å². The topological polar surface area (TPSA) is 30.7 Å². The largest absolute Gasteiger partial charge is 0.267 e. The minimum atomic E-state index is 0.897. The van der Waals surface area contributed by atoms with Crippen LogP contribution in [0.1, 0.15) is 0 Å². The smallest absolute Gasteiger partial charge is 0.195 e. The molecule has 0 N–H and O–H groups in total. The lowest BCUT2D eigenvalue weighted by Crippen LogP contribution is -1.99. The minimum Gasteiger partial charge on any atom is -0.267 e. The molecule has 3 nitrogen and oxygen atoms in total. The van der Waals surface area contributed by atoms with Crippen LogP contribution in [0.15, 0.2) is 103 Å². The fourth-order valence-electron chi connectivity index (χ4n) is 3.37. The second kappa shape index (κ2) is 7.25. The van der Waals surface area contributed by atoms with Gasteiger partial charge in [-0.2, -0.15) is 0 Å². The summed E-state index contributed by atoms with van der Waals surface area (Å²) in [6.45, 7) is 0. The SMILES string of the molecule is c1ccc(-c2nc(-c3ccccc3)n(-c3nccs3)c2-c2ccccc2)cc1. The van der Waals surface area contributed by atoms with Gasteiger partial charge in [-0.15, -0.1) is 11.3 Å². The summed E-state index contributed by atoms with van der Waals surface area (Å²) in [5.74, 6) is 0.897. The standard InChI is InChI=1S/C24H17N3S/c1-4-10-18(11-5-1)21-22(19-12-6-2-7-13-19)27(24-25-16-17-28-24)23(26-21)20-14-8-3-9-15-20/h1-17H. The Morgan fingerprint density at radius 3 is 1.79 bits per heavy atom. The number of hydrogen-bond donors (Lipinski definition) is 0. The normalized spacial score (nSPS) is 10.9. The highest BCUT2D eigenvalue weighted by Gasteiger charge is 2.23. The van der Waals surface area contributed by atoms with Crippen molar-refractivity contribution < 1.29 is 0 Å². The number of thiazole rings is 1. The highest BCUT2D eigenvalue weighted by molar-refractivity contribution is 7.12. The van der Waals surface area contributed by atoms with Crippen molar-refractivity contribution in [2.75, 3.05) is 0 Å². The lowest BCUT2D eigenvalue weighted by molar-refractivity contribution is 1.05. The predicted octanol–water partition coefficient (Wildman–Crippen LogP) is 6.33. The minimum absolute atomic E-state index is 0.897. The highest BCUT2D eigenvalue weighted by Crippen LogP contribution is 2.38. The van der Waals surface area contributed by atoms with Crippen LogP contribution in [0.25, 0.3) is 39.0 Å². The fraction of sp³-hybridized carbons (Fsp3) is 0. The number of imidazole rings is 1. The van der Waals surface area contributed by atoms with Crippen molar-refractivity contribution in [1.29, 1.82) is 0 Å². The Balaban J connectivity index is 1.88. The number of rotatable bonds is 4. The first-order chi connectivity index (χ1) is 13.9. The Bertz CT molecular complexity index is 1180. The number of hydrogen-bond acceptors (Lipinski definition) is 3. The quantitative estimate of drug-likeness (QED) is 0.365. The van der Waals surface area contributed by atoms with Crippen LogP contribution in [0.4, 0.5) is 0 Å². The zero-order chi connectivity index (χ0) is 18.8. The summed E-state index contributed by atoms with van der Waals surface area (Å²) < 4.78 is 2.18. The van der Waals surface area contributed by atoms with E-state index in [0.29, 0.717) is 0 Å². The number of nitrogens with zero attached hydrogens (tertiary/aromatic N) is 3. The van der Waals surface area contributed by atoms with E-state index in [0.717, 1.165) is 39.0 Å². The van der Waals surface area contributed by atoms with Crippen LogP contribution in [0, 0.1) is 0 Å². The zero-order valence-corrected chi connectivity index (χ0v) is 15.9. The Morgan fingerprint density at radius 2 is 1.21 bits per heavy atom. The molecule has 0 spiro atoms. The van der Waals surface area contributed by atoms with E-state index in [1.807, 2.05) is 41.9 Å². The number of benzene rings is 3. The summed E-state index contributed by atoms with van der Waals surface area (Å²) >= 11 is 1.61. The van der Waals surface area contributed by atoms with E-state index in [1.54, 1.807) is 11.3 Å². The van der Waals surface area contributed by atoms with Crippen LogP contribution < -0.4 is 0 Å². The molecule has 0 saturated heterocycles. The Hall–Kier alpha value is -3.50. The van der Waals surface area contributed by atoms with E-state index in [2.05, 4.69) is 70.2 Å². The molecule has 0 amide bonds. The van der Waals surface area contributed by atoms with E-state index < -0.39 is 0 Å². The summed E-state index contributed by atoms with van der Waals surface area (Å²) in [7, 11) is 0. The third-order valence-corrected chi connectivity index (χ3v) is 5.37. The molecule has 5 aromatic rings. The molecule has 0 atom stereocenters. The molecule has 134 valence electrons. The summed E-state index contributed by atoms with van der Waals surface area (Å²) in [5.41, 5.74) is 5.29. The van der Waals surface area contributed by atoms with Gasteiger partial charge in [0.25, 0.3) is 0 Å². The van der Waals surface area contributed by atoms with Gasteiger partial charge in [0.1, 0.15) is 5.82 Å². The van der Waals surface area contributed by atoms with E-state index in [1.165, 1.54) is 0 Å². The summed E-state index contributed by atoms with van der Waals surface area (Å²) in [6, 6.07) is 31.1. The fourth-order valence-corrected chi connectivity index (χ4v) is 4.02. The maximum absolute atomic E-state index is 5.11. The second-order valence-corrected chi connectivity index (χ2v) is 7.25. The number of aromatic nitrogens is 3. The van der Waals surface area contributed by atoms with E-state index in [-0.39, 0.29) is 0 Å². The molecule has 5 rings (SSSR count). The average Bonchev–Trinajstić information content (AvgIpc) is 3.43. The van der Waals surface area contributed by atoms with Crippen LogP contribution in [0.3, 0.4) is 0 Å². The van der Waals surface area contributed by atoms with Crippen LogP contribution in [0.2, 0.25) is 0 Å². The van der Waals surface area contributed by atoms with Gasteiger partial charge in [0.05, 0.1) is 11.4 Å². The zero-order valence-electron chi connectivity index (χ0n) is 15.1. The van der Waals surface area contributed by atoms with Crippen molar-refractivity contribution in [3.63, 3.8) is 0 Å². The third-order valence-electron chi connectivity index (χ3n) is 4.61. The van der Waals surface area contributed by atoms with Crippen LogP contribution in [-0.2, 0) is 0 Å². The van der Waals surface area contributed by atoms with Crippen molar-refractivity contribution in [3.8, 4) is 39.0 Å². The van der Waals surface area contributed by atoms with Crippen molar-refractivity contribution in [1.82, 2.24) is 14.5 Å². The molecule has 0 aliphatic heterocycles. The molecule has 2 heterocycles. The first-order valence-electron chi connectivity index (χ1n) is 9.11. The molecule has 28 heavy (non-hydrogen) atoms. The second-order valence-electron chi connectivity index (χ2n) is 6.38. The predicted molar refractivity (Wildman–Crippen MR) is 116 cm³/mol. The van der Waals surface area contributed by atoms with Crippen molar-refractivity contribution in [3.05, 3.63) is 103 Å². The van der Waals surface area contributed by atoms with Gasteiger partial charge < -0.3 is 0 Å². The molecule has 0 aliphatic carbocycles. The summed E-state index contributed by atoms with van der Waals surface area (Å²) in [6.07, 6.45) is 1.84. The lowest BCUT2D eigenvalue weighted by atomic mass is 10.0. The maximum Gasteiger partial charge on any atom is 0.195 e. The van der Waals surface area contributed by atoms with E-state index in [4.69, 9.17) is 4.98 Å². The molecule has 0 aliphatic rings. The summed E-state index contributed by atoms with van der Waals surface area (Å²) in [4.78, 5) is 9.72. The first kappa shape index (κ1) is 16.7. The molecule has 3 aromatic carbocycles. The molecular formula is C24H17N3S. The van der Waals surface area contributed by atoms with Crippen LogP contribution in [0.5, 0.6) is 0 Å². The third kappa shape index (κ3) is 2.94. The van der Waals surface area contributed by atoms with E-state index in [9.17, 15) is 0 Å². The lowest BCUT2D eigenvalue weighted by Gasteiger charge is -2.10. The molecular weight excluding hydrogens is 362 g/mol. The average molecular weight is 379 g/mol. The molecule has 4 heteroatoms. The highest BCUT2D eigenvalue weighted by atomic mass is 32.1. The van der Waals surface area contributed by atoms with Gasteiger partial charge in [-0.05, 0) is 0 Å². The molecule has 0 saturated carbocycles. The Labute approximate surface area is 167 Å². The Kier molecular flexibility index (Phi) is 4.31. The van der Waals surface area contributed by atoms with E-state index >= 15 is 0 Å². The molecule has 0 fully saturated rings. The van der Waals surface area contributed by atoms with Gasteiger partial charge in [-0.3, -0.25) is 4.57 Å². The molecule has 0 bridgehead atoms. The van der Waals surface area contributed by atoms with Gasteiger partial charge in [0, 0.05) is 28.3 Å². The maximum atomic E-state index is 5.11. The monoisotopic (exact) mass is 379 g/mol. The van der Waals surface area contributed by atoms with Crippen molar-refractivity contribution >= 4 is 11.3 Å². The summed E-state index contributed by atoms with van der Waals surface area (Å²) in [5, 5.41) is 2.91. The van der Waals surface area contributed by atoms with Gasteiger partial charge >= 0.3 is 0 Å². The molecule has 0 radical (unpaired) electrons. The van der Waals surface area contributed by atoms with Crippen LogP contribution in [-0.4, -0.2) is 14.5 Å². The Morgan fingerprint density at radius 1 is 0.643 bits per heavy atom. The molecule has 2 aromatic heterocycles.